The summed E-state index contributed by atoms with van der Waals surface area (Å²) in [4.78, 5) is 2.67. The molecule has 3 aromatic rings. The van der Waals surface area contributed by atoms with Gasteiger partial charge in [-0.3, -0.25) is 4.90 Å². The topological polar surface area (TPSA) is 12.5 Å². The Kier molecular flexibility index (Phi) is 8.80. The Labute approximate surface area is 194 Å². The molecule has 0 saturated heterocycles. The van der Waals surface area contributed by atoms with E-state index in [1.807, 2.05) is 18.2 Å². The van der Waals surface area contributed by atoms with E-state index in [0.29, 0.717) is 0 Å². The molecule has 1 aliphatic rings. The summed E-state index contributed by atoms with van der Waals surface area (Å²) in [5, 5.41) is 0. The smallest absolute Gasteiger partial charge is 0.119 e. The Morgan fingerprint density at radius 3 is 1.78 bits per heavy atom. The van der Waals surface area contributed by atoms with Gasteiger partial charge in [0, 0.05) is 19.6 Å². The van der Waals surface area contributed by atoms with Crippen molar-refractivity contribution < 1.29 is 4.74 Å². The average Bonchev–Trinajstić information content (AvgIpc) is 2.85. The zero-order valence-electron chi connectivity index (χ0n) is 19.2. The van der Waals surface area contributed by atoms with Crippen LogP contribution in [0.4, 0.5) is 0 Å². The van der Waals surface area contributed by atoms with Gasteiger partial charge in [0.2, 0.25) is 0 Å². The number of para-hydroxylation sites is 1. The molecule has 2 unspecified atom stereocenters. The van der Waals surface area contributed by atoms with Gasteiger partial charge in [0.1, 0.15) is 5.75 Å². The molecule has 3 aromatic carbocycles. The van der Waals surface area contributed by atoms with E-state index in [1.54, 1.807) is 0 Å². The molecule has 1 saturated carbocycles. The van der Waals surface area contributed by atoms with E-state index in [1.165, 1.54) is 49.8 Å². The van der Waals surface area contributed by atoms with Crippen LogP contribution in [0.15, 0.2) is 91.0 Å². The predicted molar refractivity (Wildman–Crippen MR) is 134 cm³/mol. The highest BCUT2D eigenvalue weighted by Gasteiger charge is 2.26. The van der Waals surface area contributed by atoms with Gasteiger partial charge in [0.15, 0.2) is 0 Å². The van der Waals surface area contributed by atoms with Gasteiger partial charge in [-0.15, -0.1) is 0 Å². The maximum Gasteiger partial charge on any atom is 0.119 e. The molecule has 0 aromatic heterocycles. The number of benzene rings is 3. The van der Waals surface area contributed by atoms with E-state index in [4.69, 9.17) is 4.74 Å². The highest BCUT2D eigenvalue weighted by atomic mass is 16.5. The molecule has 1 fully saturated rings. The van der Waals surface area contributed by atoms with Crippen molar-refractivity contribution in [2.45, 2.75) is 51.6 Å². The zero-order valence-corrected chi connectivity index (χ0v) is 19.2. The van der Waals surface area contributed by atoms with Crippen molar-refractivity contribution in [3.05, 3.63) is 102 Å². The standard InChI is InChI=1S/C30H37NO/c1-4-13-26(14-5-1)23-31(24-27-15-6-2-7-16-27)25-29-18-11-10-17-28(29)19-12-22-32-30-20-8-3-9-21-30/h1-9,13-16,20-21,28-29H,10-12,17-19,22-25H2. The molecule has 1 aliphatic carbocycles. The fourth-order valence-electron chi connectivity index (χ4n) is 5.16. The molecule has 2 atom stereocenters. The van der Waals surface area contributed by atoms with Crippen molar-refractivity contribution >= 4 is 0 Å². The lowest BCUT2D eigenvalue weighted by atomic mass is 9.76. The molecular weight excluding hydrogens is 390 g/mol. The molecule has 32 heavy (non-hydrogen) atoms. The number of hydrogen-bond donors (Lipinski definition) is 0. The normalized spacial score (nSPS) is 18.5. The third-order valence-electron chi connectivity index (χ3n) is 6.79. The lowest BCUT2D eigenvalue weighted by Gasteiger charge is -2.36. The second-order valence-corrected chi connectivity index (χ2v) is 9.25. The van der Waals surface area contributed by atoms with E-state index < -0.39 is 0 Å². The first-order valence-electron chi connectivity index (χ1n) is 12.3. The summed E-state index contributed by atoms with van der Waals surface area (Å²) < 4.78 is 5.96. The fraction of sp³-hybridized carbons (Fsp3) is 0.400. The van der Waals surface area contributed by atoms with Crippen LogP contribution in [0.2, 0.25) is 0 Å². The minimum Gasteiger partial charge on any atom is -0.494 e. The molecular formula is C30H37NO. The quantitative estimate of drug-likeness (QED) is 0.297. The molecule has 0 radical (unpaired) electrons. The summed E-state index contributed by atoms with van der Waals surface area (Å²) in [6.45, 7) is 4.06. The first-order chi connectivity index (χ1) is 15.9. The van der Waals surface area contributed by atoms with Gasteiger partial charge in [0.25, 0.3) is 0 Å². The lowest BCUT2D eigenvalue weighted by molar-refractivity contribution is 0.130. The summed E-state index contributed by atoms with van der Waals surface area (Å²) in [6, 6.07) is 32.1. The fourth-order valence-corrected chi connectivity index (χ4v) is 5.16. The molecule has 2 heteroatoms. The minimum absolute atomic E-state index is 0.785. The van der Waals surface area contributed by atoms with Gasteiger partial charge in [-0.2, -0.15) is 0 Å². The van der Waals surface area contributed by atoms with Crippen LogP contribution < -0.4 is 4.74 Å². The third-order valence-corrected chi connectivity index (χ3v) is 6.79. The predicted octanol–water partition coefficient (Wildman–Crippen LogP) is 7.35. The summed E-state index contributed by atoms with van der Waals surface area (Å²) in [6.07, 6.45) is 7.94. The highest BCUT2D eigenvalue weighted by molar-refractivity contribution is 5.21. The van der Waals surface area contributed by atoms with E-state index in [0.717, 1.165) is 43.7 Å². The maximum atomic E-state index is 5.96. The molecule has 2 nitrogen and oxygen atoms in total. The number of ether oxygens (including phenoxy) is 1. The first kappa shape index (κ1) is 22.6. The highest BCUT2D eigenvalue weighted by Crippen LogP contribution is 2.34. The van der Waals surface area contributed by atoms with Crippen molar-refractivity contribution in [3.63, 3.8) is 0 Å². The van der Waals surface area contributed by atoms with E-state index in [2.05, 4.69) is 77.7 Å². The van der Waals surface area contributed by atoms with Crippen molar-refractivity contribution in [1.82, 2.24) is 4.90 Å². The molecule has 0 bridgehead atoms. The van der Waals surface area contributed by atoms with Gasteiger partial charge in [-0.05, 0) is 54.4 Å². The molecule has 0 heterocycles. The SMILES string of the molecule is c1ccc(CN(Cc2ccccc2)CC2CCCCC2CCCOc2ccccc2)cc1. The van der Waals surface area contributed by atoms with Gasteiger partial charge in [0.05, 0.1) is 6.61 Å². The minimum atomic E-state index is 0.785. The monoisotopic (exact) mass is 427 g/mol. The van der Waals surface area contributed by atoms with Gasteiger partial charge >= 0.3 is 0 Å². The lowest BCUT2D eigenvalue weighted by Crippen LogP contribution is -2.34. The second kappa shape index (κ2) is 12.5. The molecule has 0 spiro atoms. The number of rotatable bonds is 11. The Bertz CT molecular complexity index is 839. The maximum absolute atomic E-state index is 5.96. The molecule has 0 amide bonds. The molecule has 0 aliphatic heterocycles. The Morgan fingerprint density at radius 1 is 0.656 bits per heavy atom. The van der Waals surface area contributed by atoms with Crippen molar-refractivity contribution in [2.75, 3.05) is 13.2 Å². The summed E-state index contributed by atoms with van der Waals surface area (Å²) in [5.74, 6) is 2.59. The van der Waals surface area contributed by atoms with Crippen LogP contribution in [-0.4, -0.2) is 18.1 Å². The summed E-state index contributed by atoms with van der Waals surface area (Å²) >= 11 is 0. The van der Waals surface area contributed by atoms with E-state index >= 15 is 0 Å². The average molecular weight is 428 g/mol. The molecule has 0 N–H and O–H groups in total. The second-order valence-electron chi connectivity index (χ2n) is 9.25. The van der Waals surface area contributed by atoms with Crippen LogP contribution in [-0.2, 0) is 13.1 Å². The number of nitrogens with zero attached hydrogens (tertiary/aromatic N) is 1. The van der Waals surface area contributed by atoms with E-state index in [-0.39, 0.29) is 0 Å². The van der Waals surface area contributed by atoms with Crippen LogP contribution in [0.1, 0.15) is 49.7 Å². The van der Waals surface area contributed by atoms with Crippen LogP contribution in [0.5, 0.6) is 5.75 Å². The Balaban J connectivity index is 1.34. The van der Waals surface area contributed by atoms with Gasteiger partial charge in [-0.25, -0.2) is 0 Å². The first-order valence-corrected chi connectivity index (χ1v) is 12.3. The van der Waals surface area contributed by atoms with Crippen molar-refractivity contribution in [1.29, 1.82) is 0 Å². The van der Waals surface area contributed by atoms with Crippen LogP contribution >= 0.6 is 0 Å². The molecule has 4 rings (SSSR count). The van der Waals surface area contributed by atoms with Crippen molar-refractivity contribution in [2.24, 2.45) is 11.8 Å². The van der Waals surface area contributed by atoms with Crippen LogP contribution in [0, 0.1) is 11.8 Å². The summed E-state index contributed by atoms with van der Waals surface area (Å²) in [5.41, 5.74) is 2.82. The molecule has 168 valence electrons. The summed E-state index contributed by atoms with van der Waals surface area (Å²) in [7, 11) is 0. The third kappa shape index (κ3) is 7.24. The van der Waals surface area contributed by atoms with Crippen molar-refractivity contribution in [3.8, 4) is 5.75 Å². The van der Waals surface area contributed by atoms with Crippen LogP contribution in [0.3, 0.4) is 0 Å². The zero-order chi connectivity index (χ0) is 21.8. The largest absolute Gasteiger partial charge is 0.494 e. The van der Waals surface area contributed by atoms with Crippen LogP contribution in [0.25, 0.3) is 0 Å². The van der Waals surface area contributed by atoms with Gasteiger partial charge in [-0.1, -0.05) is 98.1 Å². The number of hydrogen-bond acceptors (Lipinski definition) is 2. The Morgan fingerprint density at radius 2 is 1.19 bits per heavy atom. The Hall–Kier alpha value is -2.58. The van der Waals surface area contributed by atoms with Gasteiger partial charge < -0.3 is 4.74 Å². The van der Waals surface area contributed by atoms with E-state index in [9.17, 15) is 0 Å².